The van der Waals surface area contributed by atoms with Gasteiger partial charge in [-0.3, -0.25) is 4.68 Å². The van der Waals surface area contributed by atoms with Crippen molar-refractivity contribution in [1.82, 2.24) is 9.78 Å². The normalized spacial score (nSPS) is 18.8. The van der Waals surface area contributed by atoms with Crippen molar-refractivity contribution in [3.63, 3.8) is 0 Å². The van der Waals surface area contributed by atoms with E-state index in [1.54, 1.807) is 0 Å². The van der Waals surface area contributed by atoms with E-state index in [0.717, 1.165) is 24.2 Å². The number of hydrogen-bond donors (Lipinski definition) is 1. The summed E-state index contributed by atoms with van der Waals surface area (Å²) in [6.45, 7) is 4.84. The summed E-state index contributed by atoms with van der Waals surface area (Å²) in [5.74, 6) is 0. The summed E-state index contributed by atoms with van der Waals surface area (Å²) in [4.78, 5) is 0. The van der Waals surface area contributed by atoms with Crippen LogP contribution in [0.2, 0.25) is 0 Å². The molecule has 0 aliphatic carbocycles. The molecule has 0 aromatic carbocycles. The minimum atomic E-state index is -0.378. The van der Waals surface area contributed by atoms with Crippen molar-refractivity contribution in [3.05, 3.63) is 17.0 Å². The van der Waals surface area contributed by atoms with Crippen molar-refractivity contribution in [1.29, 1.82) is 0 Å². The van der Waals surface area contributed by atoms with Crippen molar-refractivity contribution in [3.8, 4) is 0 Å². The maximum atomic E-state index is 9.69. The van der Waals surface area contributed by atoms with E-state index in [9.17, 15) is 5.11 Å². The van der Waals surface area contributed by atoms with Crippen LogP contribution in [0.15, 0.2) is 0 Å². The maximum absolute atomic E-state index is 9.69. The first-order valence-electron chi connectivity index (χ1n) is 5.44. The van der Waals surface area contributed by atoms with Crippen molar-refractivity contribution >= 4 is 0 Å². The van der Waals surface area contributed by atoms with Gasteiger partial charge in [0.05, 0.1) is 11.8 Å². The molecule has 3 nitrogen and oxygen atoms in total. The molecule has 1 aliphatic rings. The molecular formula is C11H18N2O. The molecule has 0 bridgehead atoms. The molecule has 2 heterocycles. The first-order valence-corrected chi connectivity index (χ1v) is 5.44. The molecule has 0 radical (unpaired) electrons. The van der Waals surface area contributed by atoms with E-state index in [1.807, 2.05) is 13.8 Å². The van der Waals surface area contributed by atoms with Gasteiger partial charge in [0.1, 0.15) is 0 Å². The molecular weight excluding hydrogens is 176 g/mol. The fraction of sp³-hybridized carbons (Fsp3) is 0.727. The molecule has 0 amide bonds. The topological polar surface area (TPSA) is 38.0 Å². The Kier molecular flexibility index (Phi) is 2.59. The Balaban J connectivity index is 2.44. The Morgan fingerprint density at radius 3 is 2.86 bits per heavy atom. The van der Waals surface area contributed by atoms with Crippen LogP contribution in [-0.2, 0) is 13.0 Å². The van der Waals surface area contributed by atoms with Crippen LogP contribution >= 0.6 is 0 Å². The van der Waals surface area contributed by atoms with Crippen molar-refractivity contribution < 1.29 is 5.11 Å². The number of rotatable bonds is 1. The second-order valence-corrected chi connectivity index (χ2v) is 4.16. The second-order valence-electron chi connectivity index (χ2n) is 4.16. The van der Waals surface area contributed by atoms with Crippen LogP contribution in [0.4, 0.5) is 0 Å². The highest BCUT2D eigenvalue weighted by atomic mass is 16.3. The molecule has 1 aliphatic heterocycles. The lowest BCUT2D eigenvalue weighted by Crippen LogP contribution is -2.04. The number of nitrogens with zero attached hydrogens (tertiary/aromatic N) is 2. The van der Waals surface area contributed by atoms with Crippen LogP contribution in [0, 0.1) is 6.92 Å². The zero-order valence-electron chi connectivity index (χ0n) is 8.95. The SMILES string of the molecule is Cc1nn2c(c1C(C)O)CCCCC2. The van der Waals surface area contributed by atoms with Gasteiger partial charge in [0.15, 0.2) is 0 Å². The van der Waals surface area contributed by atoms with E-state index in [2.05, 4.69) is 9.78 Å². The smallest absolute Gasteiger partial charge is 0.0797 e. The lowest BCUT2D eigenvalue weighted by atomic mass is 10.0. The first kappa shape index (κ1) is 9.71. The number of aliphatic hydroxyl groups is 1. The van der Waals surface area contributed by atoms with Crippen molar-refractivity contribution in [2.45, 2.75) is 52.2 Å². The zero-order valence-corrected chi connectivity index (χ0v) is 8.95. The highest BCUT2D eigenvalue weighted by Crippen LogP contribution is 2.25. The maximum Gasteiger partial charge on any atom is 0.0797 e. The molecule has 1 aromatic heterocycles. The summed E-state index contributed by atoms with van der Waals surface area (Å²) < 4.78 is 2.09. The third kappa shape index (κ3) is 1.57. The van der Waals surface area contributed by atoms with Crippen LogP contribution in [0.1, 0.15) is 49.2 Å². The molecule has 3 heteroatoms. The molecule has 2 rings (SSSR count). The van der Waals surface area contributed by atoms with E-state index in [1.165, 1.54) is 25.0 Å². The largest absolute Gasteiger partial charge is 0.389 e. The molecule has 78 valence electrons. The summed E-state index contributed by atoms with van der Waals surface area (Å²) in [6, 6.07) is 0. The highest BCUT2D eigenvalue weighted by molar-refractivity contribution is 5.28. The first-order chi connectivity index (χ1) is 6.70. The second kappa shape index (κ2) is 3.73. The van der Waals surface area contributed by atoms with Gasteiger partial charge in [-0.25, -0.2) is 0 Å². The summed E-state index contributed by atoms with van der Waals surface area (Å²) in [5, 5.41) is 14.2. The minimum Gasteiger partial charge on any atom is -0.389 e. The average Bonchev–Trinajstić information content (AvgIpc) is 2.31. The Labute approximate surface area is 84.7 Å². The number of aryl methyl sites for hydroxylation is 2. The minimum absolute atomic E-state index is 0.378. The van der Waals surface area contributed by atoms with Crippen LogP contribution < -0.4 is 0 Å². The van der Waals surface area contributed by atoms with Gasteiger partial charge in [-0.05, 0) is 33.1 Å². The van der Waals surface area contributed by atoms with Crippen molar-refractivity contribution in [2.24, 2.45) is 0 Å². The molecule has 1 atom stereocenters. The van der Waals surface area contributed by atoms with Crippen LogP contribution in [0.5, 0.6) is 0 Å². The molecule has 1 N–H and O–H groups in total. The average molecular weight is 194 g/mol. The van der Waals surface area contributed by atoms with Gasteiger partial charge in [-0.1, -0.05) is 6.42 Å². The van der Waals surface area contributed by atoms with E-state index in [0.29, 0.717) is 0 Å². The quantitative estimate of drug-likeness (QED) is 0.742. The molecule has 0 spiro atoms. The fourth-order valence-corrected chi connectivity index (χ4v) is 2.37. The van der Waals surface area contributed by atoms with Gasteiger partial charge >= 0.3 is 0 Å². The lowest BCUT2D eigenvalue weighted by molar-refractivity contribution is 0.197. The van der Waals surface area contributed by atoms with Crippen LogP contribution in [0.25, 0.3) is 0 Å². The molecule has 0 fully saturated rings. The highest BCUT2D eigenvalue weighted by Gasteiger charge is 2.19. The monoisotopic (exact) mass is 194 g/mol. The third-order valence-corrected chi connectivity index (χ3v) is 2.98. The van der Waals surface area contributed by atoms with Gasteiger partial charge in [0, 0.05) is 17.8 Å². The number of aromatic nitrogens is 2. The third-order valence-electron chi connectivity index (χ3n) is 2.98. The lowest BCUT2D eigenvalue weighted by Gasteiger charge is -2.07. The summed E-state index contributed by atoms with van der Waals surface area (Å²) >= 11 is 0. The van der Waals surface area contributed by atoms with Gasteiger partial charge in [-0.2, -0.15) is 5.10 Å². The summed E-state index contributed by atoms with van der Waals surface area (Å²) in [6.07, 6.45) is 4.41. The van der Waals surface area contributed by atoms with Crippen LogP contribution in [0.3, 0.4) is 0 Å². The Hall–Kier alpha value is -0.830. The molecule has 1 aromatic rings. The predicted octanol–water partition coefficient (Wildman–Crippen LogP) is 1.97. The van der Waals surface area contributed by atoms with Gasteiger partial charge in [-0.15, -0.1) is 0 Å². The zero-order chi connectivity index (χ0) is 10.1. The molecule has 1 unspecified atom stereocenters. The molecule has 0 saturated carbocycles. The van der Waals surface area contributed by atoms with E-state index in [4.69, 9.17) is 0 Å². The van der Waals surface area contributed by atoms with E-state index >= 15 is 0 Å². The number of hydrogen-bond acceptors (Lipinski definition) is 2. The van der Waals surface area contributed by atoms with E-state index < -0.39 is 0 Å². The summed E-state index contributed by atoms with van der Waals surface area (Å²) in [7, 11) is 0. The Bertz CT molecular complexity index is 328. The number of aliphatic hydroxyl groups excluding tert-OH is 1. The summed E-state index contributed by atoms with van der Waals surface area (Å²) in [5.41, 5.74) is 3.32. The molecule has 0 saturated heterocycles. The Morgan fingerprint density at radius 2 is 2.14 bits per heavy atom. The van der Waals surface area contributed by atoms with Gasteiger partial charge in [0.2, 0.25) is 0 Å². The molecule has 14 heavy (non-hydrogen) atoms. The van der Waals surface area contributed by atoms with Crippen molar-refractivity contribution in [2.75, 3.05) is 0 Å². The standard InChI is InChI=1S/C11H18N2O/c1-8-11(9(2)14)10-6-4-3-5-7-13(10)12-8/h9,14H,3-7H2,1-2H3. The fourth-order valence-electron chi connectivity index (χ4n) is 2.37. The van der Waals surface area contributed by atoms with Gasteiger partial charge in [0.25, 0.3) is 0 Å². The van der Waals surface area contributed by atoms with E-state index in [-0.39, 0.29) is 6.10 Å². The number of fused-ring (bicyclic) bond motifs is 1. The van der Waals surface area contributed by atoms with Gasteiger partial charge < -0.3 is 5.11 Å². The predicted molar refractivity (Wildman–Crippen MR) is 55.2 cm³/mol. The Morgan fingerprint density at radius 1 is 1.36 bits per heavy atom. The van der Waals surface area contributed by atoms with Crippen LogP contribution in [-0.4, -0.2) is 14.9 Å².